The Labute approximate surface area is 104 Å². The van der Waals surface area contributed by atoms with Crippen LogP contribution in [0.2, 0.25) is 0 Å². The van der Waals surface area contributed by atoms with Crippen LogP contribution in [0.25, 0.3) is 0 Å². The van der Waals surface area contributed by atoms with E-state index >= 15 is 0 Å². The minimum Gasteiger partial charge on any atom is -0.496 e. The summed E-state index contributed by atoms with van der Waals surface area (Å²) in [5, 5.41) is 12.6. The topological polar surface area (TPSA) is 41.5 Å². The molecular formula is C14H23NO2. The zero-order chi connectivity index (χ0) is 12.7. The second-order valence-electron chi connectivity index (χ2n) is 4.55. The third kappa shape index (κ3) is 4.02. The molecule has 1 atom stereocenters. The summed E-state index contributed by atoms with van der Waals surface area (Å²) in [4.78, 5) is 0. The Kier molecular flexibility index (Phi) is 5.45. The van der Waals surface area contributed by atoms with Gasteiger partial charge in [0.2, 0.25) is 0 Å². The van der Waals surface area contributed by atoms with Gasteiger partial charge in [0.1, 0.15) is 5.75 Å². The smallest absolute Gasteiger partial charge is 0.122 e. The molecule has 1 unspecified atom stereocenters. The fourth-order valence-electron chi connectivity index (χ4n) is 2.18. The van der Waals surface area contributed by atoms with Gasteiger partial charge in [0.05, 0.1) is 7.11 Å². The molecule has 3 heteroatoms. The molecule has 2 N–H and O–H groups in total. The highest BCUT2D eigenvalue weighted by Gasteiger charge is 2.24. The minimum atomic E-state index is -0.0852. The molecule has 0 heterocycles. The summed E-state index contributed by atoms with van der Waals surface area (Å²) in [6.07, 6.45) is 1.59. The maximum atomic E-state index is 9.16. The highest BCUT2D eigenvalue weighted by molar-refractivity contribution is 5.34. The Balaban J connectivity index is 2.85. The van der Waals surface area contributed by atoms with Crippen LogP contribution in [0.1, 0.15) is 25.8 Å². The maximum Gasteiger partial charge on any atom is 0.122 e. The Morgan fingerprint density at radius 3 is 2.65 bits per heavy atom. The average Bonchev–Trinajstić information content (AvgIpc) is 2.30. The molecule has 0 spiro atoms. The summed E-state index contributed by atoms with van der Waals surface area (Å²) in [7, 11) is 1.69. The van der Waals surface area contributed by atoms with E-state index in [-0.39, 0.29) is 12.1 Å². The molecule has 0 saturated carbocycles. The molecule has 17 heavy (non-hydrogen) atoms. The number of aliphatic hydroxyl groups excluding tert-OH is 1. The normalized spacial score (nSPS) is 14.4. The average molecular weight is 237 g/mol. The van der Waals surface area contributed by atoms with Gasteiger partial charge in [0.25, 0.3) is 0 Å². The van der Waals surface area contributed by atoms with Gasteiger partial charge < -0.3 is 15.2 Å². The molecule has 0 aliphatic carbocycles. The van der Waals surface area contributed by atoms with E-state index in [0.717, 1.165) is 25.1 Å². The van der Waals surface area contributed by atoms with Crippen LogP contribution in [0.5, 0.6) is 5.75 Å². The Morgan fingerprint density at radius 1 is 1.35 bits per heavy atom. The lowest BCUT2D eigenvalue weighted by atomic mass is 9.89. The quantitative estimate of drug-likeness (QED) is 0.762. The maximum absolute atomic E-state index is 9.16. The molecular weight excluding hydrogens is 214 g/mol. The molecule has 1 aromatic carbocycles. The highest BCUT2D eigenvalue weighted by atomic mass is 16.5. The van der Waals surface area contributed by atoms with Gasteiger partial charge in [-0.2, -0.15) is 0 Å². The fraction of sp³-hybridized carbons (Fsp3) is 0.571. The van der Waals surface area contributed by atoms with Gasteiger partial charge in [-0.05, 0) is 37.9 Å². The first-order valence-electron chi connectivity index (χ1n) is 6.13. The SMILES string of the molecule is CCNC(C)(CCO)Cc1ccccc1OC. The Hall–Kier alpha value is -1.06. The molecule has 0 aromatic heterocycles. The number of hydrogen-bond acceptors (Lipinski definition) is 3. The van der Waals surface area contributed by atoms with E-state index in [1.165, 1.54) is 5.56 Å². The number of hydrogen-bond donors (Lipinski definition) is 2. The zero-order valence-electron chi connectivity index (χ0n) is 11.0. The van der Waals surface area contributed by atoms with Gasteiger partial charge in [-0.15, -0.1) is 0 Å². The van der Waals surface area contributed by atoms with Crippen molar-refractivity contribution in [3.05, 3.63) is 29.8 Å². The third-order valence-electron chi connectivity index (χ3n) is 3.04. The van der Waals surface area contributed by atoms with Crippen LogP contribution in [0.3, 0.4) is 0 Å². The van der Waals surface area contributed by atoms with E-state index < -0.39 is 0 Å². The number of likely N-dealkylation sites (N-methyl/N-ethyl adjacent to an activating group) is 1. The summed E-state index contributed by atoms with van der Waals surface area (Å²) >= 11 is 0. The lowest BCUT2D eigenvalue weighted by Crippen LogP contribution is -2.45. The van der Waals surface area contributed by atoms with Gasteiger partial charge in [0.15, 0.2) is 0 Å². The van der Waals surface area contributed by atoms with Crippen LogP contribution in [0.15, 0.2) is 24.3 Å². The molecule has 96 valence electrons. The van der Waals surface area contributed by atoms with Crippen molar-refractivity contribution < 1.29 is 9.84 Å². The van der Waals surface area contributed by atoms with Crippen molar-refractivity contribution in [2.24, 2.45) is 0 Å². The number of ether oxygens (including phenoxy) is 1. The summed E-state index contributed by atoms with van der Waals surface area (Å²) in [6.45, 7) is 5.31. The molecule has 0 bridgehead atoms. The van der Waals surface area contributed by atoms with Crippen molar-refractivity contribution in [2.75, 3.05) is 20.3 Å². The lowest BCUT2D eigenvalue weighted by Gasteiger charge is -2.30. The van der Waals surface area contributed by atoms with Crippen molar-refractivity contribution in [1.29, 1.82) is 0 Å². The number of nitrogens with one attached hydrogen (secondary N) is 1. The van der Waals surface area contributed by atoms with Crippen LogP contribution in [0, 0.1) is 0 Å². The van der Waals surface area contributed by atoms with Crippen LogP contribution >= 0.6 is 0 Å². The standard InChI is InChI=1S/C14H23NO2/c1-4-15-14(2,9-10-16)11-12-7-5-6-8-13(12)17-3/h5-8,15-16H,4,9-11H2,1-3H3. The molecule has 0 radical (unpaired) electrons. The number of para-hydroxylation sites is 1. The Morgan fingerprint density at radius 2 is 2.06 bits per heavy atom. The molecule has 0 amide bonds. The summed E-state index contributed by atoms with van der Waals surface area (Å²) in [5.41, 5.74) is 1.09. The molecule has 3 nitrogen and oxygen atoms in total. The van der Waals surface area contributed by atoms with E-state index in [2.05, 4.69) is 25.2 Å². The summed E-state index contributed by atoms with van der Waals surface area (Å²) < 4.78 is 5.36. The number of methoxy groups -OCH3 is 1. The van der Waals surface area contributed by atoms with Crippen molar-refractivity contribution in [1.82, 2.24) is 5.32 Å². The van der Waals surface area contributed by atoms with Crippen LogP contribution in [-0.4, -0.2) is 30.9 Å². The van der Waals surface area contributed by atoms with E-state index in [4.69, 9.17) is 9.84 Å². The van der Waals surface area contributed by atoms with Crippen molar-refractivity contribution in [3.8, 4) is 5.75 Å². The predicted molar refractivity (Wildman–Crippen MR) is 70.5 cm³/mol. The predicted octanol–water partition coefficient (Wildman–Crippen LogP) is 1.99. The van der Waals surface area contributed by atoms with Gasteiger partial charge in [-0.25, -0.2) is 0 Å². The van der Waals surface area contributed by atoms with E-state index in [1.807, 2.05) is 18.2 Å². The largest absolute Gasteiger partial charge is 0.496 e. The first-order chi connectivity index (χ1) is 8.15. The van der Waals surface area contributed by atoms with Crippen LogP contribution in [-0.2, 0) is 6.42 Å². The molecule has 0 saturated heterocycles. The first kappa shape index (κ1) is 14.0. The van der Waals surface area contributed by atoms with Crippen molar-refractivity contribution in [2.45, 2.75) is 32.2 Å². The Bertz CT molecular complexity index is 333. The van der Waals surface area contributed by atoms with E-state index in [9.17, 15) is 0 Å². The molecule has 0 aliphatic rings. The first-order valence-corrected chi connectivity index (χ1v) is 6.13. The van der Waals surface area contributed by atoms with Crippen LogP contribution in [0.4, 0.5) is 0 Å². The second kappa shape index (κ2) is 6.62. The highest BCUT2D eigenvalue weighted by Crippen LogP contribution is 2.24. The fourth-order valence-corrected chi connectivity index (χ4v) is 2.18. The molecule has 1 aromatic rings. The van der Waals surface area contributed by atoms with E-state index in [0.29, 0.717) is 0 Å². The lowest BCUT2D eigenvalue weighted by molar-refractivity contribution is 0.220. The zero-order valence-corrected chi connectivity index (χ0v) is 11.0. The number of benzene rings is 1. The minimum absolute atomic E-state index is 0.0852. The van der Waals surface area contributed by atoms with Crippen LogP contribution < -0.4 is 10.1 Å². The number of aliphatic hydroxyl groups is 1. The van der Waals surface area contributed by atoms with Crippen molar-refractivity contribution in [3.63, 3.8) is 0 Å². The van der Waals surface area contributed by atoms with Gasteiger partial charge >= 0.3 is 0 Å². The van der Waals surface area contributed by atoms with E-state index in [1.54, 1.807) is 7.11 Å². The summed E-state index contributed by atoms with van der Waals surface area (Å²) in [5.74, 6) is 0.912. The molecule has 0 aliphatic heterocycles. The second-order valence-corrected chi connectivity index (χ2v) is 4.55. The van der Waals surface area contributed by atoms with Gasteiger partial charge in [-0.1, -0.05) is 25.1 Å². The number of rotatable bonds is 7. The van der Waals surface area contributed by atoms with Gasteiger partial charge in [0, 0.05) is 12.1 Å². The summed E-state index contributed by atoms with van der Waals surface area (Å²) in [6, 6.07) is 8.04. The van der Waals surface area contributed by atoms with Crippen molar-refractivity contribution >= 4 is 0 Å². The van der Waals surface area contributed by atoms with Gasteiger partial charge in [-0.3, -0.25) is 0 Å². The third-order valence-corrected chi connectivity index (χ3v) is 3.04. The molecule has 1 rings (SSSR count). The molecule has 0 fully saturated rings. The monoisotopic (exact) mass is 237 g/mol.